The SMILES string of the molecule is CCn1c(=O)[nH]c2cc(C(=O)NCc3ccc(Oc4ccc(F)cc4)nc3)ccc21. The van der Waals surface area contributed by atoms with E-state index in [1.165, 1.54) is 24.3 Å². The minimum absolute atomic E-state index is 0.195. The normalized spacial score (nSPS) is 10.9. The molecular weight excluding hydrogens is 387 g/mol. The number of pyridine rings is 1. The molecule has 0 saturated heterocycles. The summed E-state index contributed by atoms with van der Waals surface area (Å²) in [7, 11) is 0. The molecule has 152 valence electrons. The Balaban J connectivity index is 1.39. The van der Waals surface area contributed by atoms with Crippen LogP contribution in [0.3, 0.4) is 0 Å². The smallest absolute Gasteiger partial charge is 0.326 e. The number of halogens is 1. The molecule has 0 spiro atoms. The molecule has 8 heteroatoms. The van der Waals surface area contributed by atoms with Crippen molar-refractivity contribution in [1.82, 2.24) is 19.9 Å². The summed E-state index contributed by atoms with van der Waals surface area (Å²) in [5.41, 5.74) is 2.44. The van der Waals surface area contributed by atoms with E-state index < -0.39 is 0 Å². The third kappa shape index (κ3) is 4.07. The van der Waals surface area contributed by atoms with Gasteiger partial charge in [-0.1, -0.05) is 6.07 Å². The highest BCUT2D eigenvalue weighted by Gasteiger charge is 2.10. The number of hydrogen-bond donors (Lipinski definition) is 2. The molecule has 0 unspecified atom stereocenters. The van der Waals surface area contributed by atoms with Crippen molar-refractivity contribution in [3.8, 4) is 11.6 Å². The lowest BCUT2D eigenvalue weighted by atomic mass is 10.2. The van der Waals surface area contributed by atoms with Crippen molar-refractivity contribution in [1.29, 1.82) is 0 Å². The fourth-order valence-corrected chi connectivity index (χ4v) is 3.10. The van der Waals surface area contributed by atoms with E-state index >= 15 is 0 Å². The molecule has 0 aliphatic rings. The highest BCUT2D eigenvalue weighted by molar-refractivity contribution is 5.97. The van der Waals surface area contributed by atoms with E-state index in [0.717, 1.165) is 11.1 Å². The summed E-state index contributed by atoms with van der Waals surface area (Å²) in [6.45, 7) is 2.73. The maximum absolute atomic E-state index is 12.9. The highest BCUT2D eigenvalue weighted by Crippen LogP contribution is 2.19. The molecule has 0 radical (unpaired) electrons. The zero-order valence-electron chi connectivity index (χ0n) is 16.2. The molecule has 2 aromatic carbocycles. The fraction of sp³-hybridized carbons (Fsp3) is 0.136. The Labute approximate surface area is 171 Å². The Morgan fingerprint density at radius 3 is 2.67 bits per heavy atom. The second-order valence-corrected chi connectivity index (χ2v) is 6.65. The quantitative estimate of drug-likeness (QED) is 0.512. The number of rotatable bonds is 6. The Bertz CT molecular complexity index is 1240. The fourth-order valence-electron chi connectivity index (χ4n) is 3.10. The first-order chi connectivity index (χ1) is 14.5. The third-order valence-corrected chi connectivity index (χ3v) is 4.64. The van der Waals surface area contributed by atoms with Gasteiger partial charge >= 0.3 is 5.69 Å². The van der Waals surface area contributed by atoms with Gasteiger partial charge in [0.2, 0.25) is 5.88 Å². The Morgan fingerprint density at radius 1 is 1.17 bits per heavy atom. The van der Waals surface area contributed by atoms with Crippen molar-refractivity contribution < 1.29 is 13.9 Å². The van der Waals surface area contributed by atoms with Gasteiger partial charge in [0.15, 0.2) is 0 Å². The zero-order chi connectivity index (χ0) is 21.1. The summed E-state index contributed by atoms with van der Waals surface area (Å²) in [6, 6.07) is 14.2. The van der Waals surface area contributed by atoms with E-state index in [4.69, 9.17) is 4.74 Å². The zero-order valence-corrected chi connectivity index (χ0v) is 16.2. The van der Waals surface area contributed by atoms with Crippen LogP contribution in [0.5, 0.6) is 11.6 Å². The first-order valence-electron chi connectivity index (χ1n) is 9.42. The van der Waals surface area contributed by atoms with E-state index in [1.807, 2.05) is 6.92 Å². The van der Waals surface area contributed by atoms with Gasteiger partial charge < -0.3 is 15.0 Å². The van der Waals surface area contributed by atoms with Crippen LogP contribution in [-0.4, -0.2) is 20.4 Å². The Morgan fingerprint density at radius 2 is 1.97 bits per heavy atom. The number of H-pyrrole nitrogens is 1. The van der Waals surface area contributed by atoms with Crippen molar-refractivity contribution in [3.05, 3.63) is 88.2 Å². The number of amides is 1. The number of nitrogens with one attached hydrogen (secondary N) is 2. The van der Waals surface area contributed by atoms with Gasteiger partial charge in [0.25, 0.3) is 5.91 Å². The number of hydrogen-bond acceptors (Lipinski definition) is 4. The third-order valence-electron chi connectivity index (χ3n) is 4.64. The van der Waals surface area contributed by atoms with Crippen molar-refractivity contribution in [2.24, 2.45) is 0 Å². The standard InChI is InChI=1S/C22H19FN4O3/c1-2-27-19-9-4-15(11-18(19)26-22(27)29)21(28)25-13-14-3-10-20(24-12-14)30-17-7-5-16(23)6-8-17/h3-12H,2,13H2,1H3,(H,25,28)(H,26,29). The van der Waals surface area contributed by atoms with Gasteiger partial charge in [0.05, 0.1) is 11.0 Å². The average Bonchev–Trinajstić information content (AvgIpc) is 3.08. The van der Waals surface area contributed by atoms with Gasteiger partial charge in [-0.2, -0.15) is 0 Å². The van der Waals surface area contributed by atoms with Gasteiger partial charge in [-0.15, -0.1) is 0 Å². The first-order valence-corrected chi connectivity index (χ1v) is 9.42. The number of carbonyl (C=O) groups is 1. The maximum Gasteiger partial charge on any atom is 0.326 e. The van der Waals surface area contributed by atoms with Crippen molar-refractivity contribution >= 4 is 16.9 Å². The van der Waals surface area contributed by atoms with E-state index in [9.17, 15) is 14.0 Å². The van der Waals surface area contributed by atoms with E-state index in [0.29, 0.717) is 29.3 Å². The number of aryl methyl sites for hydroxylation is 1. The summed E-state index contributed by atoms with van der Waals surface area (Å²) in [6.07, 6.45) is 1.60. The molecule has 0 aliphatic heterocycles. The average molecular weight is 406 g/mol. The summed E-state index contributed by atoms with van der Waals surface area (Å²) in [5.74, 6) is 0.255. The predicted molar refractivity (Wildman–Crippen MR) is 110 cm³/mol. The van der Waals surface area contributed by atoms with Crippen LogP contribution >= 0.6 is 0 Å². The van der Waals surface area contributed by atoms with Crippen LogP contribution in [0.25, 0.3) is 11.0 Å². The molecule has 4 aromatic rings. The van der Waals surface area contributed by atoms with Crippen LogP contribution in [0.2, 0.25) is 0 Å². The lowest BCUT2D eigenvalue weighted by molar-refractivity contribution is 0.0951. The molecule has 2 N–H and O–H groups in total. The molecule has 2 aromatic heterocycles. The molecule has 0 saturated carbocycles. The molecule has 7 nitrogen and oxygen atoms in total. The van der Waals surface area contributed by atoms with Crippen molar-refractivity contribution in [2.75, 3.05) is 0 Å². The van der Waals surface area contributed by atoms with Crippen molar-refractivity contribution in [2.45, 2.75) is 20.0 Å². The largest absolute Gasteiger partial charge is 0.439 e. The Hall–Kier alpha value is -3.94. The lowest BCUT2D eigenvalue weighted by Crippen LogP contribution is -2.22. The van der Waals surface area contributed by atoms with Crippen LogP contribution in [-0.2, 0) is 13.1 Å². The van der Waals surface area contributed by atoms with Gasteiger partial charge in [-0.3, -0.25) is 9.36 Å². The molecule has 1 amide bonds. The van der Waals surface area contributed by atoms with Crippen LogP contribution < -0.4 is 15.7 Å². The lowest BCUT2D eigenvalue weighted by Gasteiger charge is -2.08. The molecule has 0 atom stereocenters. The molecule has 2 heterocycles. The van der Waals surface area contributed by atoms with E-state index in [-0.39, 0.29) is 24.0 Å². The first kappa shape index (κ1) is 19.4. The number of aromatic nitrogens is 3. The molecule has 0 bridgehead atoms. The maximum atomic E-state index is 12.9. The molecule has 30 heavy (non-hydrogen) atoms. The number of benzene rings is 2. The number of ether oxygens (including phenoxy) is 1. The number of carbonyl (C=O) groups excluding carboxylic acids is 1. The summed E-state index contributed by atoms with van der Waals surface area (Å²) >= 11 is 0. The van der Waals surface area contributed by atoms with Crippen LogP contribution in [0.4, 0.5) is 4.39 Å². The van der Waals surface area contributed by atoms with Gasteiger partial charge in [-0.25, -0.2) is 14.2 Å². The number of fused-ring (bicyclic) bond motifs is 1. The molecule has 0 fully saturated rings. The monoisotopic (exact) mass is 406 g/mol. The van der Waals surface area contributed by atoms with E-state index in [1.54, 1.807) is 41.1 Å². The number of aromatic amines is 1. The topological polar surface area (TPSA) is 89.0 Å². The minimum atomic E-state index is -0.338. The van der Waals surface area contributed by atoms with Crippen molar-refractivity contribution in [3.63, 3.8) is 0 Å². The Kier molecular flexibility index (Phi) is 5.30. The number of imidazole rings is 1. The van der Waals surface area contributed by atoms with Gasteiger partial charge in [-0.05, 0) is 55.0 Å². The second kappa shape index (κ2) is 8.20. The highest BCUT2D eigenvalue weighted by atomic mass is 19.1. The van der Waals surface area contributed by atoms with Gasteiger partial charge in [0.1, 0.15) is 11.6 Å². The molecule has 0 aliphatic carbocycles. The summed E-state index contributed by atoms with van der Waals surface area (Å²) < 4.78 is 20.1. The summed E-state index contributed by atoms with van der Waals surface area (Å²) in [5, 5.41) is 2.83. The number of nitrogens with zero attached hydrogens (tertiary/aromatic N) is 2. The van der Waals surface area contributed by atoms with Crippen LogP contribution in [0.1, 0.15) is 22.8 Å². The van der Waals surface area contributed by atoms with Crippen LogP contribution in [0, 0.1) is 5.82 Å². The molecular formula is C22H19FN4O3. The van der Waals surface area contributed by atoms with Gasteiger partial charge in [0, 0.05) is 30.9 Å². The molecule has 4 rings (SSSR count). The second-order valence-electron chi connectivity index (χ2n) is 6.65. The predicted octanol–water partition coefficient (Wildman–Crippen LogP) is 3.61. The van der Waals surface area contributed by atoms with Crippen LogP contribution in [0.15, 0.2) is 65.6 Å². The summed E-state index contributed by atoms with van der Waals surface area (Å²) in [4.78, 5) is 31.3. The van der Waals surface area contributed by atoms with E-state index in [2.05, 4.69) is 15.3 Å². The minimum Gasteiger partial charge on any atom is -0.439 e.